The topological polar surface area (TPSA) is 20.3 Å². The van der Waals surface area contributed by atoms with Gasteiger partial charge in [0.1, 0.15) is 0 Å². The van der Waals surface area contributed by atoms with Gasteiger partial charge in [0.2, 0.25) is 5.91 Å². The predicted octanol–water partition coefficient (Wildman–Crippen LogP) is 11.8. The molecular weight excluding hydrogens is 438 g/mol. The molecule has 0 aromatic carbocycles. The zero-order valence-electron chi connectivity index (χ0n) is 25.6. The lowest BCUT2D eigenvalue weighted by Crippen LogP contribution is -2.32. The van der Waals surface area contributed by atoms with Gasteiger partial charge in [-0.05, 0) is 19.3 Å². The van der Waals surface area contributed by atoms with E-state index in [1.807, 2.05) is 0 Å². The first kappa shape index (κ1) is 35.5. The molecule has 0 N–H and O–H groups in total. The van der Waals surface area contributed by atoms with Crippen LogP contribution in [0.4, 0.5) is 0 Å². The molecule has 0 unspecified atom stereocenters. The summed E-state index contributed by atoms with van der Waals surface area (Å²) >= 11 is 0. The lowest BCUT2D eigenvalue weighted by molar-refractivity contribution is -0.131. The molecule has 0 aromatic rings. The van der Waals surface area contributed by atoms with Gasteiger partial charge in [-0.2, -0.15) is 0 Å². The summed E-state index contributed by atoms with van der Waals surface area (Å²) in [6.07, 6.45) is 37.5. The van der Waals surface area contributed by atoms with E-state index in [0.29, 0.717) is 5.91 Å². The summed E-state index contributed by atoms with van der Waals surface area (Å²) in [4.78, 5) is 15.0. The number of unbranched alkanes of at least 4 members (excludes halogenated alkanes) is 24. The third-order valence-electron chi connectivity index (χ3n) is 7.91. The number of nitrogens with zero attached hydrogens (tertiary/aromatic N) is 1. The van der Waals surface area contributed by atoms with Gasteiger partial charge in [-0.25, -0.2) is 0 Å². The van der Waals surface area contributed by atoms with Crippen LogP contribution in [-0.2, 0) is 4.79 Å². The average Bonchev–Trinajstić information content (AvgIpc) is 2.89. The number of amides is 1. The molecule has 0 aliphatic rings. The van der Waals surface area contributed by atoms with Crippen molar-refractivity contribution in [2.75, 3.05) is 13.1 Å². The lowest BCUT2D eigenvalue weighted by atomic mass is 10.0. The van der Waals surface area contributed by atoms with Crippen LogP contribution in [0.2, 0.25) is 0 Å². The molecule has 2 nitrogen and oxygen atoms in total. The highest BCUT2D eigenvalue weighted by atomic mass is 16.2. The van der Waals surface area contributed by atoms with E-state index in [0.717, 1.165) is 25.9 Å². The molecule has 0 heterocycles. The summed E-state index contributed by atoms with van der Waals surface area (Å²) in [5.41, 5.74) is 0. The first-order chi connectivity index (χ1) is 17.8. The van der Waals surface area contributed by atoms with Crippen LogP contribution in [0.5, 0.6) is 0 Å². The largest absolute Gasteiger partial charge is 0.343 e. The second-order valence-electron chi connectivity index (χ2n) is 11.6. The quantitative estimate of drug-likeness (QED) is 0.0885. The van der Waals surface area contributed by atoms with Crippen LogP contribution < -0.4 is 0 Å². The SMILES string of the molecule is CCCCCCCCCCCCCCCCCCCCCC(=O)N(CCCCCC)CCCCCC. The second-order valence-corrected chi connectivity index (χ2v) is 11.6. The Hall–Kier alpha value is -0.530. The van der Waals surface area contributed by atoms with Crippen molar-refractivity contribution in [2.45, 2.75) is 201 Å². The minimum Gasteiger partial charge on any atom is -0.343 e. The molecule has 0 rings (SSSR count). The normalized spacial score (nSPS) is 11.3. The molecule has 0 fully saturated rings. The van der Waals surface area contributed by atoms with Gasteiger partial charge in [0, 0.05) is 19.5 Å². The molecule has 0 aliphatic heterocycles. The number of carbonyl (C=O) groups is 1. The van der Waals surface area contributed by atoms with E-state index in [2.05, 4.69) is 25.7 Å². The fourth-order valence-corrected chi connectivity index (χ4v) is 5.33. The van der Waals surface area contributed by atoms with Crippen molar-refractivity contribution in [1.82, 2.24) is 4.90 Å². The van der Waals surface area contributed by atoms with Gasteiger partial charge < -0.3 is 4.90 Å². The van der Waals surface area contributed by atoms with Crippen molar-refractivity contribution in [2.24, 2.45) is 0 Å². The van der Waals surface area contributed by atoms with Gasteiger partial charge in [0.05, 0.1) is 0 Å². The van der Waals surface area contributed by atoms with E-state index in [1.165, 1.54) is 167 Å². The minimum atomic E-state index is 0.426. The van der Waals surface area contributed by atoms with Gasteiger partial charge in [-0.1, -0.05) is 175 Å². The third kappa shape index (κ3) is 26.5. The molecule has 0 saturated heterocycles. The molecule has 0 aliphatic carbocycles. The molecular formula is C34H69NO. The average molecular weight is 508 g/mol. The lowest BCUT2D eigenvalue weighted by Gasteiger charge is -2.23. The van der Waals surface area contributed by atoms with Crippen LogP contribution in [0.25, 0.3) is 0 Å². The van der Waals surface area contributed by atoms with Gasteiger partial charge >= 0.3 is 0 Å². The van der Waals surface area contributed by atoms with Crippen molar-refractivity contribution in [3.63, 3.8) is 0 Å². The van der Waals surface area contributed by atoms with Crippen molar-refractivity contribution < 1.29 is 4.79 Å². The summed E-state index contributed by atoms with van der Waals surface area (Å²) in [5.74, 6) is 0.426. The molecule has 0 saturated carbocycles. The Balaban J connectivity index is 3.53. The molecule has 0 atom stereocenters. The van der Waals surface area contributed by atoms with E-state index >= 15 is 0 Å². The number of hydrogen-bond donors (Lipinski definition) is 0. The highest BCUT2D eigenvalue weighted by Crippen LogP contribution is 2.15. The van der Waals surface area contributed by atoms with Crippen LogP contribution in [0.1, 0.15) is 201 Å². The maximum atomic E-state index is 12.8. The predicted molar refractivity (Wildman–Crippen MR) is 163 cm³/mol. The van der Waals surface area contributed by atoms with Crippen LogP contribution in [0.15, 0.2) is 0 Å². The highest BCUT2D eigenvalue weighted by Gasteiger charge is 2.12. The van der Waals surface area contributed by atoms with Crippen LogP contribution >= 0.6 is 0 Å². The number of carbonyl (C=O) groups excluding carboxylic acids is 1. The van der Waals surface area contributed by atoms with Gasteiger partial charge in [0.15, 0.2) is 0 Å². The highest BCUT2D eigenvalue weighted by molar-refractivity contribution is 5.76. The molecule has 0 aromatic heterocycles. The first-order valence-electron chi connectivity index (χ1n) is 17.0. The number of hydrogen-bond acceptors (Lipinski definition) is 1. The van der Waals surface area contributed by atoms with Gasteiger partial charge in [0.25, 0.3) is 0 Å². The summed E-state index contributed by atoms with van der Waals surface area (Å²) in [7, 11) is 0. The fourth-order valence-electron chi connectivity index (χ4n) is 5.33. The summed E-state index contributed by atoms with van der Waals surface area (Å²) in [6, 6.07) is 0. The fraction of sp³-hybridized carbons (Fsp3) is 0.971. The molecule has 0 spiro atoms. The van der Waals surface area contributed by atoms with E-state index < -0.39 is 0 Å². The van der Waals surface area contributed by atoms with Crippen molar-refractivity contribution in [1.29, 1.82) is 0 Å². The smallest absolute Gasteiger partial charge is 0.222 e. The second kappa shape index (κ2) is 30.7. The van der Waals surface area contributed by atoms with Gasteiger partial charge in [-0.15, -0.1) is 0 Å². The first-order valence-corrected chi connectivity index (χ1v) is 17.0. The van der Waals surface area contributed by atoms with E-state index in [-0.39, 0.29) is 0 Å². The van der Waals surface area contributed by atoms with Crippen LogP contribution in [0.3, 0.4) is 0 Å². The molecule has 216 valence electrons. The summed E-state index contributed by atoms with van der Waals surface area (Å²) in [5, 5.41) is 0. The monoisotopic (exact) mass is 508 g/mol. The van der Waals surface area contributed by atoms with Crippen LogP contribution in [-0.4, -0.2) is 23.9 Å². The van der Waals surface area contributed by atoms with E-state index in [9.17, 15) is 4.79 Å². The van der Waals surface area contributed by atoms with Crippen molar-refractivity contribution in [3.8, 4) is 0 Å². The van der Waals surface area contributed by atoms with Crippen LogP contribution in [0, 0.1) is 0 Å². The van der Waals surface area contributed by atoms with Crippen molar-refractivity contribution >= 4 is 5.91 Å². The summed E-state index contributed by atoms with van der Waals surface area (Å²) in [6.45, 7) is 8.79. The zero-order chi connectivity index (χ0) is 26.4. The Morgan fingerprint density at radius 3 is 0.917 bits per heavy atom. The van der Waals surface area contributed by atoms with E-state index in [1.54, 1.807) is 0 Å². The Morgan fingerprint density at radius 1 is 0.361 bits per heavy atom. The summed E-state index contributed by atoms with van der Waals surface area (Å²) < 4.78 is 0. The van der Waals surface area contributed by atoms with Gasteiger partial charge in [-0.3, -0.25) is 4.79 Å². The number of rotatable bonds is 30. The third-order valence-corrected chi connectivity index (χ3v) is 7.91. The standard InChI is InChI=1S/C34H69NO/c1-4-7-10-13-14-15-16-17-18-19-20-21-22-23-24-25-26-27-28-31-34(36)35(32-29-11-8-5-2)33-30-12-9-6-3/h4-33H2,1-3H3. The molecule has 1 amide bonds. The Kier molecular flexibility index (Phi) is 30.2. The Labute approximate surface area is 229 Å². The minimum absolute atomic E-state index is 0.426. The molecule has 2 heteroatoms. The maximum Gasteiger partial charge on any atom is 0.222 e. The Bertz CT molecular complexity index is 409. The maximum absolute atomic E-state index is 12.8. The Morgan fingerprint density at radius 2 is 0.611 bits per heavy atom. The molecule has 0 radical (unpaired) electrons. The van der Waals surface area contributed by atoms with E-state index in [4.69, 9.17) is 0 Å². The molecule has 36 heavy (non-hydrogen) atoms. The zero-order valence-corrected chi connectivity index (χ0v) is 25.6. The van der Waals surface area contributed by atoms with Crippen molar-refractivity contribution in [3.05, 3.63) is 0 Å². The molecule has 0 bridgehead atoms.